The summed E-state index contributed by atoms with van der Waals surface area (Å²) in [5, 5.41) is 3.57. The minimum absolute atomic E-state index is 0.00497. The molecule has 0 bridgehead atoms. The third-order valence-electron chi connectivity index (χ3n) is 4.00. The zero-order chi connectivity index (χ0) is 21.9. The minimum Gasteiger partial charge on any atom is -0.323 e. The third-order valence-corrected chi connectivity index (χ3v) is 6.89. The van der Waals surface area contributed by atoms with Crippen LogP contribution in [0, 0.1) is 0 Å². The van der Waals surface area contributed by atoms with Gasteiger partial charge < -0.3 is 5.32 Å². The Kier molecular flexibility index (Phi) is 7.16. The average Bonchev–Trinajstić information content (AvgIpc) is 2.71. The van der Waals surface area contributed by atoms with Crippen molar-refractivity contribution >= 4 is 73.7 Å². The first-order valence-electron chi connectivity index (χ1n) is 8.46. The van der Waals surface area contributed by atoms with Crippen molar-refractivity contribution in [3.63, 3.8) is 0 Å². The van der Waals surface area contributed by atoms with Gasteiger partial charge in [0.05, 0.1) is 26.3 Å². The van der Waals surface area contributed by atoms with Gasteiger partial charge in [0, 0.05) is 10.0 Å². The van der Waals surface area contributed by atoms with Crippen LogP contribution in [0.2, 0.25) is 20.1 Å². The van der Waals surface area contributed by atoms with Crippen LogP contribution >= 0.6 is 46.4 Å². The van der Waals surface area contributed by atoms with Crippen molar-refractivity contribution in [1.29, 1.82) is 0 Å². The smallest absolute Gasteiger partial charge is 0.264 e. The van der Waals surface area contributed by atoms with Crippen molar-refractivity contribution in [3.05, 3.63) is 86.8 Å². The van der Waals surface area contributed by atoms with Crippen molar-refractivity contribution in [2.75, 3.05) is 16.2 Å². The zero-order valence-electron chi connectivity index (χ0n) is 15.2. The van der Waals surface area contributed by atoms with Gasteiger partial charge in [0.15, 0.2) is 0 Å². The van der Waals surface area contributed by atoms with Crippen LogP contribution in [0.25, 0.3) is 0 Å². The number of rotatable bonds is 6. The van der Waals surface area contributed by atoms with Gasteiger partial charge in [0.2, 0.25) is 5.91 Å². The first-order chi connectivity index (χ1) is 14.2. The lowest BCUT2D eigenvalue weighted by Crippen LogP contribution is -2.38. The molecule has 0 saturated heterocycles. The number of sulfonamides is 1. The molecule has 0 aromatic heterocycles. The summed E-state index contributed by atoms with van der Waals surface area (Å²) < 4.78 is 27.5. The number of halogens is 4. The van der Waals surface area contributed by atoms with Crippen molar-refractivity contribution < 1.29 is 13.2 Å². The number of hydrogen-bond acceptors (Lipinski definition) is 3. The van der Waals surface area contributed by atoms with Gasteiger partial charge in [0.1, 0.15) is 6.54 Å². The highest BCUT2D eigenvalue weighted by atomic mass is 35.5. The van der Waals surface area contributed by atoms with E-state index >= 15 is 0 Å². The van der Waals surface area contributed by atoms with Crippen LogP contribution in [0.5, 0.6) is 0 Å². The Labute approximate surface area is 194 Å². The molecule has 10 heteroatoms. The Morgan fingerprint density at radius 3 is 2.10 bits per heavy atom. The van der Waals surface area contributed by atoms with E-state index in [2.05, 4.69) is 5.32 Å². The van der Waals surface area contributed by atoms with E-state index in [-0.39, 0.29) is 31.3 Å². The molecule has 1 N–H and O–H groups in total. The molecule has 0 heterocycles. The molecule has 0 aliphatic rings. The number of amides is 1. The van der Waals surface area contributed by atoms with Gasteiger partial charge in [-0.25, -0.2) is 8.42 Å². The largest absolute Gasteiger partial charge is 0.323 e. The van der Waals surface area contributed by atoms with E-state index in [9.17, 15) is 13.2 Å². The van der Waals surface area contributed by atoms with E-state index in [1.165, 1.54) is 42.5 Å². The first kappa shape index (κ1) is 22.7. The first-order valence-corrected chi connectivity index (χ1v) is 11.4. The van der Waals surface area contributed by atoms with Gasteiger partial charge in [0.25, 0.3) is 10.0 Å². The summed E-state index contributed by atoms with van der Waals surface area (Å²) in [6.45, 7) is -0.569. The predicted octanol–water partition coefficient (Wildman–Crippen LogP) is 6.13. The van der Waals surface area contributed by atoms with Gasteiger partial charge in [-0.3, -0.25) is 9.10 Å². The molecular weight excluding hydrogens is 490 g/mol. The maximum absolute atomic E-state index is 13.3. The maximum Gasteiger partial charge on any atom is 0.264 e. The highest BCUT2D eigenvalue weighted by Crippen LogP contribution is 2.33. The molecule has 0 atom stereocenters. The van der Waals surface area contributed by atoms with Crippen LogP contribution in [0.4, 0.5) is 11.4 Å². The van der Waals surface area contributed by atoms with Crippen LogP contribution in [-0.4, -0.2) is 20.9 Å². The Morgan fingerprint density at radius 1 is 0.833 bits per heavy atom. The normalized spacial score (nSPS) is 11.2. The molecule has 0 fully saturated rings. The van der Waals surface area contributed by atoms with Crippen LogP contribution in [0.3, 0.4) is 0 Å². The monoisotopic (exact) mass is 502 g/mol. The lowest BCUT2D eigenvalue weighted by Gasteiger charge is -2.25. The number of benzene rings is 3. The summed E-state index contributed by atoms with van der Waals surface area (Å²) in [5.41, 5.74) is 0.323. The number of carbonyl (C=O) groups is 1. The molecule has 0 radical (unpaired) electrons. The number of anilines is 2. The van der Waals surface area contributed by atoms with Crippen LogP contribution in [0.15, 0.2) is 71.6 Å². The topological polar surface area (TPSA) is 66.5 Å². The zero-order valence-corrected chi connectivity index (χ0v) is 19.0. The lowest BCUT2D eigenvalue weighted by molar-refractivity contribution is -0.114. The Bertz CT molecular complexity index is 1190. The number of nitrogens with one attached hydrogen (secondary N) is 1. The third kappa shape index (κ3) is 5.20. The summed E-state index contributed by atoms with van der Waals surface area (Å²) in [6.07, 6.45) is 0. The summed E-state index contributed by atoms with van der Waals surface area (Å²) in [6, 6.07) is 16.6. The number of carbonyl (C=O) groups excluding carboxylic acids is 1. The minimum atomic E-state index is -4.13. The number of hydrogen-bond donors (Lipinski definition) is 1. The second-order valence-corrected chi connectivity index (χ2v) is 9.64. The molecule has 3 rings (SSSR count). The highest BCUT2D eigenvalue weighted by molar-refractivity contribution is 7.92. The Morgan fingerprint density at radius 2 is 1.43 bits per heavy atom. The van der Waals surface area contributed by atoms with Crippen molar-refractivity contribution in [2.24, 2.45) is 0 Å². The van der Waals surface area contributed by atoms with Crippen molar-refractivity contribution in [2.45, 2.75) is 4.90 Å². The standard InChI is InChI=1S/C20H14Cl4N2O3S/c21-13-6-8-16(23)18(10-13)25-20(27)12-26(19-11-14(22)7-9-17(19)24)30(28,29)15-4-2-1-3-5-15/h1-11H,12H2,(H,25,27). The molecule has 30 heavy (non-hydrogen) atoms. The molecule has 0 aliphatic carbocycles. The van der Waals surface area contributed by atoms with E-state index in [4.69, 9.17) is 46.4 Å². The highest BCUT2D eigenvalue weighted by Gasteiger charge is 2.29. The summed E-state index contributed by atoms with van der Waals surface area (Å²) in [5.74, 6) is -0.644. The van der Waals surface area contributed by atoms with Gasteiger partial charge in [-0.2, -0.15) is 0 Å². The fourth-order valence-electron chi connectivity index (χ4n) is 2.61. The molecule has 0 aliphatic heterocycles. The molecule has 0 saturated carbocycles. The fraction of sp³-hybridized carbons (Fsp3) is 0.0500. The summed E-state index contributed by atoms with van der Waals surface area (Å²) in [7, 11) is -4.13. The van der Waals surface area contributed by atoms with Gasteiger partial charge in [-0.15, -0.1) is 0 Å². The molecular formula is C20H14Cl4N2O3S. The van der Waals surface area contributed by atoms with Gasteiger partial charge >= 0.3 is 0 Å². The predicted molar refractivity (Wildman–Crippen MR) is 123 cm³/mol. The van der Waals surface area contributed by atoms with E-state index < -0.39 is 22.5 Å². The van der Waals surface area contributed by atoms with E-state index in [0.717, 1.165) is 4.31 Å². The summed E-state index contributed by atoms with van der Waals surface area (Å²) >= 11 is 24.3. The summed E-state index contributed by atoms with van der Waals surface area (Å²) in [4.78, 5) is 12.7. The Balaban J connectivity index is 2.01. The molecule has 5 nitrogen and oxygen atoms in total. The van der Waals surface area contributed by atoms with Crippen LogP contribution in [0.1, 0.15) is 0 Å². The SMILES string of the molecule is O=C(CN(c1cc(Cl)ccc1Cl)S(=O)(=O)c1ccccc1)Nc1cc(Cl)ccc1Cl. The lowest BCUT2D eigenvalue weighted by atomic mass is 10.3. The van der Waals surface area contributed by atoms with E-state index in [1.54, 1.807) is 24.3 Å². The van der Waals surface area contributed by atoms with E-state index in [0.29, 0.717) is 5.02 Å². The van der Waals surface area contributed by atoms with Crippen molar-refractivity contribution in [1.82, 2.24) is 0 Å². The van der Waals surface area contributed by atoms with Crippen LogP contribution in [-0.2, 0) is 14.8 Å². The molecule has 0 unspecified atom stereocenters. The average molecular weight is 504 g/mol. The molecule has 156 valence electrons. The Hall–Kier alpha value is -1.96. The maximum atomic E-state index is 13.3. The van der Waals surface area contributed by atoms with Gasteiger partial charge in [-0.1, -0.05) is 64.6 Å². The van der Waals surface area contributed by atoms with Crippen molar-refractivity contribution in [3.8, 4) is 0 Å². The second kappa shape index (κ2) is 9.45. The molecule has 3 aromatic rings. The van der Waals surface area contributed by atoms with Crippen LogP contribution < -0.4 is 9.62 Å². The van der Waals surface area contributed by atoms with Gasteiger partial charge in [-0.05, 0) is 48.5 Å². The van der Waals surface area contributed by atoms with E-state index in [1.807, 2.05) is 0 Å². The fourth-order valence-corrected chi connectivity index (χ4v) is 4.84. The molecule has 0 spiro atoms. The molecule has 3 aromatic carbocycles. The second-order valence-electron chi connectivity index (χ2n) is 6.09. The molecule has 1 amide bonds. The number of nitrogens with zero attached hydrogens (tertiary/aromatic N) is 1. The quantitative estimate of drug-likeness (QED) is 0.439.